The summed E-state index contributed by atoms with van der Waals surface area (Å²) in [6.45, 7) is 4.09. The predicted molar refractivity (Wildman–Crippen MR) is 37.8 cm³/mol. The van der Waals surface area contributed by atoms with E-state index in [4.69, 9.17) is 5.53 Å². The van der Waals surface area contributed by atoms with E-state index in [1.807, 2.05) is 13.8 Å². The van der Waals surface area contributed by atoms with Gasteiger partial charge in [-0.05, 0) is 18.4 Å². The second-order valence-corrected chi connectivity index (χ2v) is 1.70. The zero-order chi connectivity index (χ0) is 7.11. The molecule has 0 bridgehead atoms. The van der Waals surface area contributed by atoms with Crippen LogP contribution in [0.25, 0.3) is 10.4 Å². The number of hydrogen-bond donors (Lipinski definition) is 0. The Balaban J connectivity index is 3.90. The Kier molecular flexibility index (Phi) is 4.64. The van der Waals surface area contributed by atoms with Crippen LogP contribution in [0, 0.1) is 0 Å². The van der Waals surface area contributed by atoms with Crippen molar-refractivity contribution < 1.29 is 0 Å². The minimum atomic E-state index is 0.968. The molecule has 0 spiro atoms. The Morgan fingerprint density at radius 2 is 2.11 bits per heavy atom. The van der Waals surface area contributed by atoms with Gasteiger partial charge < -0.3 is 0 Å². The quantitative estimate of drug-likeness (QED) is 0.316. The van der Waals surface area contributed by atoms with Gasteiger partial charge >= 0.3 is 0 Å². The van der Waals surface area contributed by atoms with Crippen LogP contribution >= 0.6 is 0 Å². The van der Waals surface area contributed by atoms with E-state index < -0.39 is 0 Å². The lowest BCUT2D eigenvalue weighted by Crippen LogP contribution is -1.73. The van der Waals surface area contributed by atoms with Crippen LogP contribution in [-0.4, -0.2) is 0 Å². The van der Waals surface area contributed by atoms with Crippen LogP contribution in [-0.2, 0) is 0 Å². The monoisotopic (exact) mass is 125 g/mol. The van der Waals surface area contributed by atoms with Gasteiger partial charge in [0.2, 0.25) is 0 Å². The zero-order valence-corrected chi connectivity index (χ0v) is 5.83. The number of allylic oxidation sites excluding steroid dienone is 1. The number of hydrogen-bond acceptors (Lipinski definition) is 1. The molecule has 0 amide bonds. The fourth-order valence-corrected chi connectivity index (χ4v) is 0.540. The maximum Gasteiger partial charge on any atom is 0.00475 e. The Hall–Kier alpha value is -0.950. The molecule has 0 unspecified atom stereocenters. The normalized spacial score (nSPS) is 7.78. The maximum absolute atomic E-state index is 7.92. The zero-order valence-electron chi connectivity index (χ0n) is 5.83. The molecule has 0 rings (SSSR count). The summed E-state index contributed by atoms with van der Waals surface area (Å²) in [6.07, 6.45) is 3.52. The second-order valence-electron chi connectivity index (χ2n) is 1.70. The average molecular weight is 125 g/mol. The highest BCUT2D eigenvalue weighted by atomic mass is 15.1. The van der Waals surface area contributed by atoms with E-state index in [9.17, 15) is 0 Å². The first-order valence-corrected chi connectivity index (χ1v) is 3.07. The van der Waals surface area contributed by atoms with Gasteiger partial charge in [0.05, 0.1) is 0 Å². The van der Waals surface area contributed by atoms with Gasteiger partial charge in [0, 0.05) is 11.1 Å². The number of azide groups is 1. The van der Waals surface area contributed by atoms with Gasteiger partial charge in [-0.25, -0.2) is 0 Å². The lowest BCUT2D eigenvalue weighted by molar-refractivity contribution is 0.967. The number of nitrogens with zero attached hydrogens (tertiary/aromatic N) is 3. The van der Waals surface area contributed by atoms with Crippen LogP contribution in [0.4, 0.5) is 0 Å². The first kappa shape index (κ1) is 8.05. The van der Waals surface area contributed by atoms with Gasteiger partial charge in [-0.2, -0.15) is 0 Å². The molecule has 0 heterocycles. The van der Waals surface area contributed by atoms with E-state index in [2.05, 4.69) is 10.0 Å². The molecule has 0 saturated carbocycles. The lowest BCUT2D eigenvalue weighted by atomic mass is 10.2. The molecule has 0 aliphatic heterocycles. The van der Waals surface area contributed by atoms with Crippen molar-refractivity contribution in [2.45, 2.75) is 26.7 Å². The molecular weight excluding hydrogens is 114 g/mol. The molecule has 0 aromatic rings. The van der Waals surface area contributed by atoms with Crippen molar-refractivity contribution in [1.82, 2.24) is 0 Å². The summed E-state index contributed by atoms with van der Waals surface area (Å²) >= 11 is 0. The van der Waals surface area contributed by atoms with Gasteiger partial charge in [0.15, 0.2) is 0 Å². The van der Waals surface area contributed by atoms with Crippen molar-refractivity contribution in [3.63, 3.8) is 0 Å². The summed E-state index contributed by atoms with van der Waals surface area (Å²) in [7, 11) is 0. The second kappa shape index (κ2) is 5.19. The summed E-state index contributed by atoms with van der Waals surface area (Å²) in [5.74, 6) is 0. The van der Waals surface area contributed by atoms with E-state index in [-0.39, 0.29) is 0 Å². The third-order valence-electron chi connectivity index (χ3n) is 1.20. The van der Waals surface area contributed by atoms with Gasteiger partial charge in [0.25, 0.3) is 0 Å². The Bertz CT molecular complexity index is 136. The molecule has 0 aliphatic rings. The van der Waals surface area contributed by atoms with E-state index in [0.717, 1.165) is 12.8 Å². The van der Waals surface area contributed by atoms with Crippen LogP contribution in [0.2, 0.25) is 0 Å². The topological polar surface area (TPSA) is 48.8 Å². The molecule has 0 atom stereocenters. The van der Waals surface area contributed by atoms with Crippen molar-refractivity contribution in [3.8, 4) is 0 Å². The van der Waals surface area contributed by atoms with E-state index in [1.54, 1.807) is 6.20 Å². The van der Waals surface area contributed by atoms with E-state index >= 15 is 0 Å². The van der Waals surface area contributed by atoms with Crippen LogP contribution in [0.5, 0.6) is 0 Å². The summed E-state index contributed by atoms with van der Waals surface area (Å²) < 4.78 is 0. The largest absolute Gasteiger partial charge is 0.0686 e. The van der Waals surface area contributed by atoms with Crippen molar-refractivity contribution >= 4 is 0 Å². The minimum Gasteiger partial charge on any atom is -0.0686 e. The lowest BCUT2D eigenvalue weighted by Gasteiger charge is -1.93. The molecule has 0 N–H and O–H groups in total. The molecule has 0 aromatic heterocycles. The third kappa shape index (κ3) is 3.62. The highest BCUT2D eigenvalue weighted by Crippen LogP contribution is 2.04. The molecule has 50 valence electrons. The van der Waals surface area contributed by atoms with Crippen molar-refractivity contribution in [1.29, 1.82) is 0 Å². The molecule has 0 saturated heterocycles. The van der Waals surface area contributed by atoms with Gasteiger partial charge in [-0.15, -0.1) is 0 Å². The Labute approximate surface area is 55.0 Å². The highest BCUT2D eigenvalue weighted by molar-refractivity contribution is 4.98. The SMILES string of the molecule is CCC(=CN=[N+]=[N-])CC. The van der Waals surface area contributed by atoms with Crippen LogP contribution in [0.15, 0.2) is 16.9 Å². The maximum atomic E-state index is 7.92. The summed E-state index contributed by atoms with van der Waals surface area (Å²) in [5, 5.41) is 3.33. The van der Waals surface area contributed by atoms with Crippen LogP contribution in [0.3, 0.4) is 0 Å². The van der Waals surface area contributed by atoms with Crippen LogP contribution < -0.4 is 0 Å². The molecule has 0 radical (unpaired) electrons. The summed E-state index contributed by atoms with van der Waals surface area (Å²) in [6, 6.07) is 0. The molecule has 3 nitrogen and oxygen atoms in total. The first-order chi connectivity index (χ1) is 4.35. The van der Waals surface area contributed by atoms with Crippen molar-refractivity contribution in [2.24, 2.45) is 5.11 Å². The predicted octanol–water partition coefficient (Wildman–Crippen LogP) is 3.00. The van der Waals surface area contributed by atoms with Crippen molar-refractivity contribution in [3.05, 3.63) is 22.2 Å². The fraction of sp³-hybridized carbons (Fsp3) is 0.667. The molecule has 3 heteroatoms. The average Bonchev–Trinajstić information content (AvgIpc) is 1.91. The summed E-state index contributed by atoms with van der Waals surface area (Å²) in [4.78, 5) is 2.62. The highest BCUT2D eigenvalue weighted by Gasteiger charge is 1.84. The molecule has 0 aliphatic carbocycles. The third-order valence-corrected chi connectivity index (χ3v) is 1.20. The van der Waals surface area contributed by atoms with Crippen LogP contribution in [0.1, 0.15) is 26.7 Å². The standard InChI is InChI=1S/C6H11N3/c1-3-6(4-2)5-8-9-7/h5H,3-4H2,1-2H3. The Morgan fingerprint density at radius 3 is 2.44 bits per heavy atom. The molecular formula is C6H11N3. The van der Waals surface area contributed by atoms with E-state index in [0.29, 0.717) is 0 Å². The molecule has 9 heavy (non-hydrogen) atoms. The number of rotatable bonds is 3. The first-order valence-electron chi connectivity index (χ1n) is 3.07. The fourth-order valence-electron chi connectivity index (χ4n) is 0.540. The van der Waals surface area contributed by atoms with Crippen molar-refractivity contribution in [2.75, 3.05) is 0 Å². The molecule has 0 fully saturated rings. The minimum absolute atomic E-state index is 0.968. The van der Waals surface area contributed by atoms with Gasteiger partial charge in [-0.3, -0.25) is 0 Å². The smallest absolute Gasteiger partial charge is 0.00475 e. The Morgan fingerprint density at radius 1 is 1.56 bits per heavy atom. The van der Waals surface area contributed by atoms with Gasteiger partial charge in [0.1, 0.15) is 0 Å². The van der Waals surface area contributed by atoms with E-state index in [1.165, 1.54) is 5.57 Å². The molecule has 0 aromatic carbocycles. The van der Waals surface area contributed by atoms with Gasteiger partial charge in [-0.1, -0.05) is 24.5 Å². The summed E-state index contributed by atoms with van der Waals surface area (Å²) in [5.41, 5.74) is 9.11.